The van der Waals surface area contributed by atoms with Gasteiger partial charge in [-0.1, -0.05) is 105 Å². The van der Waals surface area contributed by atoms with Crippen LogP contribution in [0.25, 0.3) is 62.2 Å². The normalized spacial score (nSPS) is 13.2. The van der Waals surface area contributed by atoms with Gasteiger partial charge in [0.1, 0.15) is 5.65 Å². The molecule has 0 amide bonds. The zero-order valence-corrected chi connectivity index (χ0v) is 23.4. The molecule has 0 aliphatic heterocycles. The number of imidazole rings is 1. The minimum absolute atomic E-state index is 0.201. The summed E-state index contributed by atoms with van der Waals surface area (Å²) in [5.41, 5.74) is 10.8. The number of aromatic nitrogens is 5. The van der Waals surface area contributed by atoms with Crippen LogP contribution in [0.4, 0.5) is 0 Å². The molecule has 0 fully saturated rings. The van der Waals surface area contributed by atoms with E-state index in [-0.39, 0.29) is 5.41 Å². The molecule has 0 unspecified atom stereocenters. The minimum atomic E-state index is -0.201. The van der Waals surface area contributed by atoms with E-state index in [2.05, 4.69) is 60.8 Å². The molecule has 0 spiro atoms. The first kappa shape index (κ1) is 24.4. The summed E-state index contributed by atoms with van der Waals surface area (Å²) >= 11 is 0. The smallest absolute Gasteiger partial charge is 0.164 e. The van der Waals surface area contributed by atoms with Crippen molar-refractivity contribution in [2.45, 2.75) is 19.3 Å². The second kappa shape index (κ2) is 9.32. The predicted molar refractivity (Wildman–Crippen MR) is 168 cm³/mol. The van der Waals surface area contributed by atoms with Gasteiger partial charge in [0.2, 0.25) is 0 Å². The highest BCUT2D eigenvalue weighted by Gasteiger charge is 2.36. The van der Waals surface area contributed by atoms with Gasteiger partial charge in [0.15, 0.2) is 17.5 Å². The maximum absolute atomic E-state index is 4.96. The van der Waals surface area contributed by atoms with E-state index in [0.29, 0.717) is 17.5 Å². The maximum Gasteiger partial charge on any atom is 0.164 e. The Bertz CT molecular complexity index is 2020. The van der Waals surface area contributed by atoms with E-state index in [4.69, 9.17) is 19.9 Å². The third kappa shape index (κ3) is 3.93. The third-order valence-electron chi connectivity index (χ3n) is 8.29. The second-order valence-corrected chi connectivity index (χ2v) is 11.3. The van der Waals surface area contributed by atoms with Crippen molar-refractivity contribution in [3.8, 4) is 56.5 Å². The van der Waals surface area contributed by atoms with Gasteiger partial charge in [-0.3, -0.25) is 0 Å². The molecule has 8 rings (SSSR count). The first-order valence-electron chi connectivity index (χ1n) is 14.2. The Morgan fingerprint density at radius 3 is 1.62 bits per heavy atom. The number of hydrogen-bond acceptors (Lipinski definition) is 4. The standard InChI is InChI=1S/C37H27N5/c1-37(2)30-21-26(32-23-42-20-10-9-15-33(42)38-32)16-18-28(30)29-19-17-27(22-31(29)37)36-40-34(24-11-5-3-6-12-24)39-35(41-36)25-13-7-4-8-14-25/h3-23H,1-2H3. The Kier molecular flexibility index (Phi) is 5.41. The highest BCUT2D eigenvalue weighted by atomic mass is 15.0. The minimum Gasteiger partial charge on any atom is -0.306 e. The zero-order chi connectivity index (χ0) is 28.3. The largest absolute Gasteiger partial charge is 0.306 e. The lowest BCUT2D eigenvalue weighted by Gasteiger charge is -2.22. The van der Waals surface area contributed by atoms with Crippen molar-refractivity contribution in [2.75, 3.05) is 0 Å². The molecule has 3 aromatic heterocycles. The van der Waals surface area contributed by atoms with E-state index in [1.54, 1.807) is 0 Å². The topological polar surface area (TPSA) is 56.0 Å². The van der Waals surface area contributed by atoms with Crippen LogP contribution >= 0.6 is 0 Å². The van der Waals surface area contributed by atoms with Crippen LogP contribution in [0.1, 0.15) is 25.0 Å². The summed E-state index contributed by atoms with van der Waals surface area (Å²) in [5.74, 6) is 2.00. The molecule has 7 aromatic rings. The summed E-state index contributed by atoms with van der Waals surface area (Å²) in [6, 6.07) is 39.6. The lowest BCUT2D eigenvalue weighted by atomic mass is 9.81. The van der Waals surface area contributed by atoms with Crippen molar-refractivity contribution >= 4 is 5.65 Å². The Morgan fingerprint density at radius 2 is 1.02 bits per heavy atom. The molecule has 1 aliphatic rings. The van der Waals surface area contributed by atoms with Gasteiger partial charge in [-0.2, -0.15) is 0 Å². The van der Waals surface area contributed by atoms with E-state index < -0.39 is 0 Å². The molecule has 200 valence electrons. The summed E-state index contributed by atoms with van der Waals surface area (Å²) in [4.78, 5) is 19.7. The Morgan fingerprint density at radius 1 is 0.500 bits per heavy atom. The summed E-state index contributed by atoms with van der Waals surface area (Å²) < 4.78 is 2.07. The van der Waals surface area contributed by atoms with E-state index in [9.17, 15) is 0 Å². The van der Waals surface area contributed by atoms with Crippen molar-refractivity contribution in [3.05, 3.63) is 139 Å². The van der Waals surface area contributed by atoms with Crippen molar-refractivity contribution in [3.63, 3.8) is 0 Å². The number of rotatable bonds is 4. The molecule has 0 bridgehead atoms. The lowest BCUT2D eigenvalue weighted by Crippen LogP contribution is -2.15. The SMILES string of the molecule is CC1(C)c2cc(-c3cn4ccccc4n3)ccc2-c2ccc(-c3nc(-c4ccccc4)nc(-c4ccccc4)n3)cc21. The number of nitrogens with zero attached hydrogens (tertiary/aromatic N) is 5. The van der Waals surface area contributed by atoms with Crippen LogP contribution in [0.15, 0.2) is 128 Å². The molecule has 0 N–H and O–H groups in total. The highest BCUT2D eigenvalue weighted by Crippen LogP contribution is 2.50. The van der Waals surface area contributed by atoms with Crippen molar-refractivity contribution in [1.82, 2.24) is 24.3 Å². The Labute approximate surface area is 244 Å². The summed E-state index contributed by atoms with van der Waals surface area (Å²) in [5, 5.41) is 0. The fourth-order valence-electron chi connectivity index (χ4n) is 6.05. The molecule has 1 aliphatic carbocycles. The molecule has 42 heavy (non-hydrogen) atoms. The van der Waals surface area contributed by atoms with Gasteiger partial charge in [0.25, 0.3) is 0 Å². The van der Waals surface area contributed by atoms with Crippen LogP contribution in [0, 0.1) is 0 Å². The van der Waals surface area contributed by atoms with Crippen molar-refractivity contribution in [1.29, 1.82) is 0 Å². The van der Waals surface area contributed by atoms with Gasteiger partial charge in [-0.05, 0) is 46.5 Å². The number of benzene rings is 4. The third-order valence-corrected chi connectivity index (χ3v) is 8.29. The Hall–Kier alpha value is -5.42. The molecule has 5 nitrogen and oxygen atoms in total. The van der Waals surface area contributed by atoms with Gasteiger partial charge in [-0.15, -0.1) is 0 Å². The zero-order valence-electron chi connectivity index (χ0n) is 23.4. The number of fused-ring (bicyclic) bond motifs is 4. The monoisotopic (exact) mass is 541 g/mol. The quantitative estimate of drug-likeness (QED) is 0.224. The molecular formula is C37H27N5. The van der Waals surface area contributed by atoms with Crippen LogP contribution in [-0.4, -0.2) is 24.3 Å². The number of pyridine rings is 1. The van der Waals surface area contributed by atoms with Gasteiger partial charge in [0.05, 0.1) is 5.69 Å². The summed E-state index contributed by atoms with van der Waals surface area (Å²) in [7, 11) is 0. The van der Waals surface area contributed by atoms with Gasteiger partial charge in [0, 0.05) is 40.1 Å². The molecule has 0 radical (unpaired) electrons. The summed E-state index contributed by atoms with van der Waals surface area (Å²) in [6.07, 6.45) is 4.13. The van der Waals surface area contributed by atoms with Crippen LogP contribution in [-0.2, 0) is 5.41 Å². The second-order valence-electron chi connectivity index (χ2n) is 11.3. The van der Waals surface area contributed by atoms with E-state index in [1.165, 1.54) is 22.3 Å². The van der Waals surface area contributed by atoms with Crippen molar-refractivity contribution in [2.24, 2.45) is 0 Å². The van der Waals surface area contributed by atoms with E-state index >= 15 is 0 Å². The molecule has 5 heteroatoms. The molecule has 0 saturated carbocycles. The average Bonchev–Trinajstić information content (AvgIpc) is 3.58. The maximum atomic E-state index is 4.96. The molecule has 3 heterocycles. The molecule has 0 saturated heterocycles. The first-order valence-corrected chi connectivity index (χ1v) is 14.2. The fraction of sp³-hybridized carbons (Fsp3) is 0.0811. The van der Waals surface area contributed by atoms with Gasteiger partial charge >= 0.3 is 0 Å². The number of hydrogen-bond donors (Lipinski definition) is 0. The van der Waals surface area contributed by atoms with Crippen molar-refractivity contribution < 1.29 is 0 Å². The van der Waals surface area contributed by atoms with Gasteiger partial charge in [-0.25, -0.2) is 19.9 Å². The fourth-order valence-corrected chi connectivity index (χ4v) is 6.05. The molecule has 4 aromatic carbocycles. The van der Waals surface area contributed by atoms with E-state index in [1.807, 2.05) is 85.1 Å². The van der Waals surface area contributed by atoms with Crippen LogP contribution in [0.2, 0.25) is 0 Å². The highest BCUT2D eigenvalue weighted by molar-refractivity contribution is 5.85. The summed E-state index contributed by atoms with van der Waals surface area (Å²) in [6.45, 7) is 4.60. The first-order chi connectivity index (χ1) is 20.5. The average molecular weight is 542 g/mol. The van der Waals surface area contributed by atoms with Crippen LogP contribution in [0.5, 0.6) is 0 Å². The van der Waals surface area contributed by atoms with Gasteiger partial charge < -0.3 is 4.40 Å². The van der Waals surface area contributed by atoms with Crippen LogP contribution < -0.4 is 0 Å². The van der Waals surface area contributed by atoms with Crippen LogP contribution in [0.3, 0.4) is 0 Å². The molecule has 0 atom stereocenters. The predicted octanol–water partition coefficient (Wildman–Crippen LogP) is 8.49. The van der Waals surface area contributed by atoms with E-state index in [0.717, 1.165) is 33.6 Å². The molecular weight excluding hydrogens is 514 g/mol. The lowest BCUT2D eigenvalue weighted by molar-refractivity contribution is 0.660. The Balaban J connectivity index is 1.23.